The first-order valence-electron chi connectivity index (χ1n) is 2.19. The molecule has 2 heteroatoms. The van der Waals surface area contributed by atoms with E-state index in [1.807, 2.05) is 6.92 Å². The van der Waals surface area contributed by atoms with Crippen LogP contribution in [0.15, 0.2) is 0 Å². The van der Waals surface area contributed by atoms with Crippen LogP contribution in [0, 0.1) is 6.92 Å². The average Bonchev–Trinajstić information content (AvgIpc) is 1.61. The van der Waals surface area contributed by atoms with Crippen LogP contribution < -0.4 is 0 Å². The van der Waals surface area contributed by atoms with Gasteiger partial charge in [-0.25, -0.2) is 0 Å². The molecule has 0 heterocycles. The maximum atomic E-state index is 9.76. The van der Waals surface area contributed by atoms with Crippen molar-refractivity contribution in [1.29, 1.82) is 0 Å². The van der Waals surface area contributed by atoms with Gasteiger partial charge in [-0.2, -0.15) is 0 Å². The van der Waals surface area contributed by atoms with Gasteiger partial charge in [0.2, 0.25) is 0 Å². The predicted octanol–water partition coefficient (Wildman–Crippen LogP) is 0.651. The lowest BCUT2D eigenvalue weighted by Crippen LogP contribution is -1.98. The Hall–Kier alpha value is -0.530. The Kier molecular flexibility index (Phi) is 3.38. The van der Waals surface area contributed by atoms with Crippen molar-refractivity contribution in [3.05, 3.63) is 6.92 Å². The Morgan fingerprint density at radius 3 is 2.57 bits per heavy atom. The highest BCUT2D eigenvalue weighted by atomic mass is 16.5. The standard InChI is InChI=1S/C5H8O2/c1-3-4-7-5(2)6/h2H,3-4H2,1H3. The molecular formula is C5H8O2. The molecule has 7 heavy (non-hydrogen) atoms. The molecule has 2 radical (unpaired) electrons. The molecular weight excluding hydrogens is 92.1 g/mol. The third kappa shape index (κ3) is 5.47. The molecule has 0 aliphatic heterocycles. The molecule has 0 atom stereocenters. The van der Waals surface area contributed by atoms with Crippen LogP contribution in [-0.2, 0) is 9.53 Å². The summed E-state index contributed by atoms with van der Waals surface area (Å²) in [5.74, 6) is -0.693. The summed E-state index contributed by atoms with van der Waals surface area (Å²) in [5.41, 5.74) is 0. The summed E-state index contributed by atoms with van der Waals surface area (Å²) in [6.07, 6.45) is 0.822. The van der Waals surface area contributed by atoms with Gasteiger partial charge in [-0.15, -0.1) is 0 Å². The lowest BCUT2D eigenvalue weighted by Gasteiger charge is -1.93. The molecule has 0 aliphatic rings. The van der Waals surface area contributed by atoms with Gasteiger partial charge in [-0.1, -0.05) is 6.92 Å². The molecule has 2 nitrogen and oxygen atoms in total. The Morgan fingerprint density at radius 2 is 2.43 bits per heavy atom. The van der Waals surface area contributed by atoms with Gasteiger partial charge in [0.05, 0.1) is 13.5 Å². The van der Waals surface area contributed by atoms with E-state index in [1.54, 1.807) is 0 Å². The monoisotopic (exact) mass is 100 g/mol. The molecule has 0 aromatic carbocycles. The first-order valence-corrected chi connectivity index (χ1v) is 2.19. The first kappa shape index (κ1) is 6.47. The third-order valence-corrected chi connectivity index (χ3v) is 0.448. The zero-order valence-corrected chi connectivity index (χ0v) is 4.31. The van der Waals surface area contributed by atoms with E-state index >= 15 is 0 Å². The lowest BCUT2D eigenvalue weighted by atomic mass is 10.5. The molecule has 0 fully saturated rings. The smallest absolute Gasteiger partial charge is 0.310 e. The van der Waals surface area contributed by atoms with Crippen LogP contribution >= 0.6 is 0 Å². The van der Waals surface area contributed by atoms with Gasteiger partial charge in [0.25, 0.3) is 0 Å². The van der Waals surface area contributed by atoms with Gasteiger partial charge in [-0.05, 0) is 6.42 Å². The van der Waals surface area contributed by atoms with Gasteiger partial charge in [0.1, 0.15) is 0 Å². The van der Waals surface area contributed by atoms with Crippen molar-refractivity contribution < 1.29 is 9.53 Å². The topological polar surface area (TPSA) is 26.3 Å². The van der Waals surface area contributed by atoms with E-state index in [1.165, 1.54) is 0 Å². The first-order chi connectivity index (χ1) is 3.27. The van der Waals surface area contributed by atoms with E-state index in [2.05, 4.69) is 11.7 Å². The molecule has 0 aliphatic carbocycles. The molecule has 0 unspecified atom stereocenters. The fourth-order valence-electron chi connectivity index (χ4n) is 0.203. The molecule has 0 bridgehead atoms. The summed E-state index contributed by atoms with van der Waals surface area (Å²) in [4.78, 5) is 9.76. The van der Waals surface area contributed by atoms with E-state index in [0.717, 1.165) is 6.42 Å². The molecule has 0 amide bonds. The highest BCUT2D eigenvalue weighted by molar-refractivity contribution is 5.73. The number of hydrogen-bond acceptors (Lipinski definition) is 2. The number of carbonyl (C=O) groups excluding carboxylic acids is 1. The predicted molar refractivity (Wildman–Crippen MR) is 25.5 cm³/mol. The van der Waals surface area contributed by atoms with E-state index in [9.17, 15) is 4.79 Å². The normalized spacial score (nSPS) is 8.29. The third-order valence-electron chi connectivity index (χ3n) is 0.448. The summed E-state index contributed by atoms with van der Waals surface area (Å²) < 4.78 is 4.33. The summed E-state index contributed by atoms with van der Waals surface area (Å²) in [6.45, 7) is 6.95. The zero-order chi connectivity index (χ0) is 5.70. The molecule has 0 aromatic heterocycles. The lowest BCUT2D eigenvalue weighted by molar-refractivity contribution is -0.138. The second kappa shape index (κ2) is 3.65. The maximum absolute atomic E-state index is 9.76. The van der Waals surface area contributed by atoms with Crippen LogP contribution in [-0.4, -0.2) is 12.6 Å². The molecule has 0 saturated carbocycles. The fourth-order valence-corrected chi connectivity index (χ4v) is 0.203. The van der Waals surface area contributed by atoms with Crippen LogP contribution in [0.5, 0.6) is 0 Å². The Labute approximate surface area is 43.5 Å². The van der Waals surface area contributed by atoms with E-state index < -0.39 is 5.97 Å². The summed E-state index contributed by atoms with van der Waals surface area (Å²) in [7, 11) is 0. The van der Waals surface area contributed by atoms with Gasteiger partial charge < -0.3 is 4.74 Å². The Morgan fingerprint density at radius 1 is 1.86 bits per heavy atom. The summed E-state index contributed by atoms with van der Waals surface area (Å²) in [5, 5.41) is 0. The Balaban J connectivity index is 2.82. The zero-order valence-electron chi connectivity index (χ0n) is 4.31. The minimum atomic E-state index is -0.693. The molecule has 0 spiro atoms. The summed E-state index contributed by atoms with van der Waals surface area (Å²) in [6, 6.07) is 0. The van der Waals surface area contributed by atoms with Crippen LogP contribution in [0.4, 0.5) is 0 Å². The number of rotatable bonds is 2. The second-order valence-corrected chi connectivity index (χ2v) is 1.17. The van der Waals surface area contributed by atoms with Gasteiger partial charge >= 0.3 is 5.97 Å². The molecule has 40 valence electrons. The van der Waals surface area contributed by atoms with Crippen molar-refractivity contribution in [3.8, 4) is 0 Å². The van der Waals surface area contributed by atoms with E-state index in [4.69, 9.17) is 0 Å². The molecule has 0 N–H and O–H groups in total. The van der Waals surface area contributed by atoms with Crippen LogP contribution in [0.25, 0.3) is 0 Å². The van der Waals surface area contributed by atoms with Crippen molar-refractivity contribution in [2.24, 2.45) is 0 Å². The number of ether oxygens (including phenoxy) is 1. The van der Waals surface area contributed by atoms with Gasteiger partial charge in [0, 0.05) is 0 Å². The van der Waals surface area contributed by atoms with Gasteiger partial charge in [0.15, 0.2) is 0 Å². The number of hydrogen-bond donors (Lipinski definition) is 0. The largest absolute Gasteiger partial charge is 0.465 e. The second-order valence-electron chi connectivity index (χ2n) is 1.17. The average molecular weight is 100 g/mol. The molecule has 0 aromatic rings. The minimum absolute atomic E-state index is 0.426. The van der Waals surface area contributed by atoms with Crippen molar-refractivity contribution in [1.82, 2.24) is 0 Å². The van der Waals surface area contributed by atoms with Gasteiger partial charge in [-0.3, -0.25) is 4.79 Å². The quantitative estimate of drug-likeness (QED) is 0.476. The van der Waals surface area contributed by atoms with Crippen LogP contribution in [0.3, 0.4) is 0 Å². The molecule has 0 saturated heterocycles. The molecule has 0 rings (SSSR count). The van der Waals surface area contributed by atoms with Crippen molar-refractivity contribution in [2.75, 3.05) is 6.61 Å². The number of esters is 1. The highest BCUT2D eigenvalue weighted by Crippen LogP contribution is 1.78. The minimum Gasteiger partial charge on any atom is -0.465 e. The maximum Gasteiger partial charge on any atom is 0.310 e. The van der Waals surface area contributed by atoms with Crippen molar-refractivity contribution in [3.63, 3.8) is 0 Å². The SMILES string of the molecule is [CH]C(=O)OCCC. The number of carbonyl (C=O) groups is 1. The van der Waals surface area contributed by atoms with E-state index in [-0.39, 0.29) is 0 Å². The van der Waals surface area contributed by atoms with Crippen LogP contribution in [0.1, 0.15) is 13.3 Å². The van der Waals surface area contributed by atoms with E-state index in [0.29, 0.717) is 6.61 Å². The fraction of sp³-hybridized carbons (Fsp3) is 0.600. The van der Waals surface area contributed by atoms with Crippen molar-refractivity contribution >= 4 is 5.97 Å². The Bertz CT molecular complexity index is 59.1. The summed E-state index contributed by atoms with van der Waals surface area (Å²) >= 11 is 0. The van der Waals surface area contributed by atoms with Crippen LogP contribution in [0.2, 0.25) is 0 Å². The van der Waals surface area contributed by atoms with Crippen molar-refractivity contribution in [2.45, 2.75) is 13.3 Å². The highest BCUT2D eigenvalue weighted by Gasteiger charge is 1.86.